The Balaban J connectivity index is 2.92. The molecular weight excluding hydrogens is 120 g/mol. The molecule has 1 N–H and O–H groups in total. The normalized spacial score (nSPS) is 9.25. The predicted molar refractivity (Wildman–Crippen MR) is 35.0 cm³/mol. The molecule has 0 unspecified atom stereocenters. The minimum atomic E-state index is 1.16. The SMILES string of the molecule is CNc1ccs[n+]1C. The number of nitrogens with zero attached hydrogens (tertiary/aromatic N) is 1. The molecule has 0 radical (unpaired) electrons. The van der Waals surface area contributed by atoms with Gasteiger partial charge in [-0.2, -0.15) is 3.96 Å². The van der Waals surface area contributed by atoms with Crippen LogP contribution in [0.4, 0.5) is 5.82 Å². The molecule has 1 heterocycles. The molecule has 0 amide bonds. The molecule has 0 atom stereocenters. The van der Waals surface area contributed by atoms with Gasteiger partial charge in [0.25, 0.3) is 5.82 Å². The van der Waals surface area contributed by atoms with E-state index in [9.17, 15) is 0 Å². The highest BCUT2D eigenvalue weighted by Crippen LogP contribution is 1.99. The fourth-order valence-electron chi connectivity index (χ4n) is 0.589. The number of aryl methyl sites for hydroxylation is 1. The number of hydrogen-bond acceptors (Lipinski definition) is 2. The summed E-state index contributed by atoms with van der Waals surface area (Å²) in [7, 11) is 3.94. The first kappa shape index (κ1) is 5.56. The largest absolute Gasteiger partial charge is 0.286 e. The second-order valence-corrected chi connectivity index (χ2v) is 2.57. The van der Waals surface area contributed by atoms with Gasteiger partial charge in [0.2, 0.25) is 0 Å². The summed E-state index contributed by atoms with van der Waals surface area (Å²) in [5, 5.41) is 5.10. The second kappa shape index (κ2) is 2.13. The van der Waals surface area contributed by atoms with Crippen LogP contribution in [0.3, 0.4) is 0 Å². The highest BCUT2D eigenvalue weighted by molar-refractivity contribution is 6.99. The van der Waals surface area contributed by atoms with Gasteiger partial charge in [0.1, 0.15) is 0 Å². The van der Waals surface area contributed by atoms with Crippen LogP contribution in [0.25, 0.3) is 0 Å². The van der Waals surface area contributed by atoms with E-state index in [1.807, 2.05) is 25.5 Å². The Hall–Kier alpha value is -0.570. The van der Waals surface area contributed by atoms with E-state index in [1.54, 1.807) is 11.5 Å². The van der Waals surface area contributed by atoms with E-state index in [4.69, 9.17) is 0 Å². The van der Waals surface area contributed by atoms with Crippen LogP contribution in [-0.2, 0) is 7.05 Å². The van der Waals surface area contributed by atoms with Gasteiger partial charge in [-0.1, -0.05) is 0 Å². The van der Waals surface area contributed by atoms with Crippen LogP contribution >= 0.6 is 11.5 Å². The quantitative estimate of drug-likeness (QED) is 0.549. The molecule has 0 saturated heterocycles. The average Bonchev–Trinajstić information content (AvgIpc) is 2.14. The molecule has 44 valence electrons. The van der Waals surface area contributed by atoms with Crippen molar-refractivity contribution < 1.29 is 3.96 Å². The van der Waals surface area contributed by atoms with Gasteiger partial charge in [-0.05, 0) is 0 Å². The monoisotopic (exact) mass is 129 g/mol. The fourth-order valence-corrected chi connectivity index (χ4v) is 1.23. The lowest BCUT2D eigenvalue weighted by Gasteiger charge is -1.85. The van der Waals surface area contributed by atoms with Crippen LogP contribution in [0.5, 0.6) is 0 Å². The van der Waals surface area contributed by atoms with Gasteiger partial charge in [0.05, 0.1) is 14.1 Å². The van der Waals surface area contributed by atoms with Crippen molar-refractivity contribution in [3.8, 4) is 0 Å². The highest BCUT2D eigenvalue weighted by Gasteiger charge is 1.99. The molecule has 0 aliphatic rings. The molecule has 1 aromatic rings. The number of aromatic nitrogens is 1. The summed E-state index contributed by atoms with van der Waals surface area (Å²) >= 11 is 1.68. The zero-order valence-electron chi connectivity index (χ0n) is 5.01. The lowest BCUT2D eigenvalue weighted by atomic mass is 10.6. The molecule has 1 rings (SSSR count). The fraction of sp³-hybridized carbons (Fsp3) is 0.400. The summed E-state index contributed by atoms with van der Waals surface area (Å²) in [4.78, 5) is 0. The molecule has 0 aliphatic carbocycles. The lowest BCUT2D eigenvalue weighted by Crippen LogP contribution is -2.24. The summed E-state index contributed by atoms with van der Waals surface area (Å²) in [6, 6.07) is 2.05. The van der Waals surface area contributed by atoms with Crippen molar-refractivity contribution in [2.75, 3.05) is 12.4 Å². The van der Waals surface area contributed by atoms with Crippen LogP contribution in [0.15, 0.2) is 11.4 Å². The van der Waals surface area contributed by atoms with Crippen molar-refractivity contribution in [3.63, 3.8) is 0 Å². The van der Waals surface area contributed by atoms with Crippen LogP contribution in [0, 0.1) is 0 Å². The maximum absolute atomic E-state index is 3.05. The van der Waals surface area contributed by atoms with Crippen LogP contribution in [0.2, 0.25) is 0 Å². The Morgan fingerprint density at radius 1 is 1.75 bits per heavy atom. The second-order valence-electron chi connectivity index (χ2n) is 1.54. The molecule has 8 heavy (non-hydrogen) atoms. The van der Waals surface area contributed by atoms with Gasteiger partial charge in [-0.15, -0.1) is 0 Å². The molecule has 0 spiro atoms. The predicted octanol–water partition coefficient (Wildman–Crippen LogP) is 0.614. The van der Waals surface area contributed by atoms with Crippen LogP contribution in [0.1, 0.15) is 0 Å². The number of hydrogen-bond donors (Lipinski definition) is 1. The van der Waals surface area contributed by atoms with Crippen LogP contribution < -0.4 is 9.27 Å². The van der Waals surface area contributed by atoms with E-state index >= 15 is 0 Å². The zero-order valence-corrected chi connectivity index (χ0v) is 5.83. The summed E-state index contributed by atoms with van der Waals surface area (Å²) in [5.74, 6) is 1.16. The first-order valence-corrected chi connectivity index (χ1v) is 3.30. The molecule has 0 saturated carbocycles. The minimum Gasteiger partial charge on any atom is -0.276 e. The van der Waals surface area contributed by atoms with Gasteiger partial charge in [-0.3, -0.25) is 5.32 Å². The highest BCUT2D eigenvalue weighted by atomic mass is 32.1. The number of rotatable bonds is 1. The molecule has 0 bridgehead atoms. The molecule has 1 aromatic heterocycles. The summed E-state index contributed by atoms with van der Waals surface area (Å²) < 4.78 is 2.07. The Kier molecular flexibility index (Phi) is 1.48. The molecule has 0 aliphatic heterocycles. The van der Waals surface area contributed by atoms with Crippen molar-refractivity contribution in [2.24, 2.45) is 7.05 Å². The maximum atomic E-state index is 3.05. The molecular formula is C5H9N2S+. The Morgan fingerprint density at radius 2 is 2.50 bits per heavy atom. The molecule has 0 aromatic carbocycles. The zero-order chi connectivity index (χ0) is 5.98. The van der Waals surface area contributed by atoms with E-state index in [-0.39, 0.29) is 0 Å². The number of nitrogens with one attached hydrogen (secondary N) is 1. The Bertz CT molecular complexity index is 171. The molecule has 3 heteroatoms. The smallest absolute Gasteiger partial charge is 0.276 e. The van der Waals surface area contributed by atoms with E-state index < -0.39 is 0 Å². The lowest BCUT2D eigenvalue weighted by molar-refractivity contribution is -0.585. The first-order valence-electron chi connectivity index (χ1n) is 2.46. The van der Waals surface area contributed by atoms with Crippen molar-refractivity contribution in [1.29, 1.82) is 0 Å². The maximum Gasteiger partial charge on any atom is 0.286 e. The van der Waals surface area contributed by atoms with Crippen molar-refractivity contribution in [2.45, 2.75) is 0 Å². The Morgan fingerprint density at radius 3 is 2.75 bits per heavy atom. The summed E-state index contributed by atoms with van der Waals surface area (Å²) in [6.07, 6.45) is 0. The van der Waals surface area contributed by atoms with Gasteiger partial charge in [0, 0.05) is 23.0 Å². The third kappa shape index (κ3) is 0.816. The first-order chi connectivity index (χ1) is 3.84. The topological polar surface area (TPSA) is 15.9 Å². The van der Waals surface area contributed by atoms with E-state index in [1.165, 1.54) is 0 Å². The van der Waals surface area contributed by atoms with E-state index in [0.29, 0.717) is 0 Å². The van der Waals surface area contributed by atoms with Crippen LogP contribution in [-0.4, -0.2) is 7.05 Å². The number of anilines is 1. The summed E-state index contributed by atoms with van der Waals surface area (Å²) in [5.41, 5.74) is 0. The standard InChI is InChI=1S/C5H8N2S/c1-6-5-3-4-8-7(5)2/h3-4H,1-2H3/p+1. The van der Waals surface area contributed by atoms with Crippen molar-refractivity contribution in [3.05, 3.63) is 11.4 Å². The van der Waals surface area contributed by atoms with Crippen molar-refractivity contribution >= 4 is 17.4 Å². The summed E-state index contributed by atoms with van der Waals surface area (Å²) in [6.45, 7) is 0. The van der Waals surface area contributed by atoms with Gasteiger partial charge < -0.3 is 0 Å². The average molecular weight is 129 g/mol. The third-order valence-corrected chi connectivity index (χ3v) is 1.81. The van der Waals surface area contributed by atoms with Crippen molar-refractivity contribution in [1.82, 2.24) is 0 Å². The van der Waals surface area contributed by atoms with Gasteiger partial charge >= 0.3 is 0 Å². The van der Waals surface area contributed by atoms with Gasteiger partial charge in [0.15, 0.2) is 0 Å². The third-order valence-electron chi connectivity index (χ3n) is 1.04. The minimum absolute atomic E-state index is 1.16. The Labute approximate surface area is 52.9 Å². The van der Waals surface area contributed by atoms with E-state index in [2.05, 4.69) is 9.27 Å². The van der Waals surface area contributed by atoms with E-state index in [0.717, 1.165) is 5.82 Å². The molecule has 0 fully saturated rings. The van der Waals surface area contributed by atoms with Gasteiger partial charge in [-0.25, -0.2) is 0 Å². The molecule has 2 nitrogen and oxygen atoms in total.